The van der Waals surface area contributed by atoms with Crippen LogP contribution in [-0.4, -0.2) is 11.7 Å². The van der Waals surface area contributed by atoms with E-state index in [2.05, 4.69) is 15.9 Å². The van der Waals surface area contributed by atoms with Crippen LogP contribution in [0.3, 0.4) is 0 Å². The summed E-state index contributed by atoms with van der Waals surface area (Å²) in [7, 11) is 0. The Morgan fingerprint density at radius 2 is 1.95 bits per heavy atom. The van der Waals surface area contributed by atoms with Gasteiger partial charge in [0, 0.05) is 20.3 Å². The Morgan fingerprint density at radius 1 is 1.14 bits per heavy atom. The molecule has 4 heteroatoms. The average molecular weight is 363 g/mol. The van der Waals surface area contributed by atoms with Crippen molar-refractivity contribution in [2.75, 3.05) is 6.61 Å². The van der Waals surface area contributed by atoms with E-state index in [0.717, 1.165) is 31.4 Å². The number of ether oxygens (including phenoxy) is 1. The Labute approximate surface area is 136 Å². The second kappa shape index (κ2) is 6.18. The van der Waals surface area contributed by atoms with Crippen LogP contribution < -0.4 is 4.74 Å². The first-order valence-electron chi connectivity index (χ1n) is 6.77. The van der Waals surface area contributed by atoms with Gasteiger partial charge >= 0.3 is 0 Å². The van der Waals surface area contributed by atoms with E-state index in [4.69, 9.17) is 4.74 Å². The number of hydrogen-bond donors (Lipinski definition) is 1. The summed E-state index contributed by atoms with van der Waals surface area (Å²) in [6.07, 6.45) is -0.684. The molecule has 108 valence electrons. The van der Waals surface area contributed by atoms with E-state index >= 15 is 0 Å². The monoisotopic (exact) mass is 362 g/mol. The topological polar surface area (TPSA) is 29.5 Å². The van der Waals surface area contributed by atoms with Crippen LogP contribution in [0.1, 0.15) is 24.2 Å². The largest absolute Gasteiger partial charge is 0.493 e. The zero-order valence-corrected chi connectivity index (χ0v) is 13.9. The molecule has 3 rings (SSSR count). The third-order valence-electron chi connectivity index (χ3n) is 3.39. The molecule has 1 heterocycles. The third kappa shape index (κ3) is 2.71. The fourth-order valence-electron chi connectivity index (χ4n) is 2.41. The molecule has 0 aliphatic carbocycles. The molecule has 0 amide bonds. The number of fused-ring (bicyclic) bond motifs is 1. The van der Waals surface area contributed by atoms with Crippen LogP contribution in [0, 0.1) is 0 Å². The van der Waals surface area contributed by atoms with E-state index in [1.54, 1.807) is 11.3 Å². The van der Waals surface area contributed by atoms with Gasteiger partial charge in [0.15, 0.2) is 0 Å². The lowest BCUT2D eigenvalue weighted by molar-refractivity contribution is 0.214. The van der Waals surface area contributed by atoms with E-state index in [0.29, 0.717) is 6.61 Å². The number of rotatable bonds is 4. The van der Waals surface area contributed by atoms with Gasteiger partial charge in [0.2, 0.25) is 0 Å². The van der Waals surface area contributed by atoms with Gasteiger partial charge in [0.05, 0.1) is 6.61 Å². The number of hydrogen-bond acceptors (Lipinski definition) is 3. The van der Waals surface area contributed by atoms with Gasteiger partial charge in [-0.3, -0.25) is 0 Å². The van der Waals surface area contributed by atoms with Crippen molar-refractivity contribution >= 4 is 37.4 Å². The SMILES string of the molecule is CCOc1ccccc1C(O)c1csc2c(Br)cccc12. The number of aliphatic hydroxyl groups excluding tert-OH is 1. The van der Waals surface area contributed by atoms with Crippen molar-refractivity contribution in [2.24, 2.45) is 0 Å². The quantitative estimate of drug-likeness (QED) is 0.695. The zero-order valence-electron chi connectivity index (χ0n) is 11.5. The van der Waals surface area contributed by atoms with Crippen LogP contribution in [0.15, 0.2) is 52.3 Å². The maximum atomic E-state index is 10.8. The van der Waals surface area contributed by atoms with Gasteiger partial charge in [-0.2, -0.15) is 0 Å². The highest BCUT2D eigenvalue weighted by atomic mass is 79.9. The first-order chi connectivity index (χ1) is 10.2. The predicted octanol–water partition coefficient (Wildman–Crippen LogP) is 5.14. The summed E-state index contributed by atoms with van der Waals surface area (Å²) in [6, 6.07) is 13.7. The van der Waals surface area contributed by atoms with Crippen LogP contribution >= 0.6 is 27.3 Å². The van der Waals surface area contributed by atoms with E-state index < -0.39 is 6.10 Å². The molecule has 0 fully saturated rings. The number of benzene rings is 2. The van der Waals surface area contributed by atoms with Gasteiger partial charge in [0.1, 0.15) is 11.9 Å². The highest BCUT2D eigenvalue weighted by Crippen LogP contribution is 2.39. The Hall–Kier alpha value is -1.36. The Kier molecular flexibility index (Phi) is 4.29. The molecule has 2 nitrogen and oxygen atoms in total. The van der Waals surface area contributed by atoms with Gasteiger partial charge < -0.3 is 9.84 Å². The van der Waals surface area contributed by atoms with Crippen molar-refractivity contribution < 1.29 is 9.84 Å². The summed E-state index contributed by atoms with van der Waals surface area (Å²) in [5.74, 6) is 0.738. The van der Waals surface area contributed by atoms with Gasteiger partial charge in [-0.25, -0.2) is 0 Å². The van der Waals surface area contributed by atoms with Crippen molar-refractivity contribution in [1.82, 2.24) is 0 Å². The molecular weight excluding hydrogens is 348 g/mol. The lowest BCUT2D eigenvalue weighted by Gasteiger charge is -2.15. The summed E-state index contributed by atoms with van der Waals surface area (Å²) >= 11 is 5.19. The molecule has 0 aliphatic rings. The van der Waals surface area contributed by atoms with Crippen LogP contribution in [-0.2, 0) is 0 Å². The molecule has 0 saturated heterocycles. The second-order valence-corrected chi connectivity index (χ2v) is 6.41. The van der Waals surface area contributed by atoms with Gasteiger partial charge in [0.25, 0.3) is 0 Å². The molecule has 1 unspecified atom stereocenters. The molecule has 0 spiro atoms. The maximum absolute atomic E-state index is 10.8. The summed E-state index contributed by atoms with van der Waals surface area (Å²) < 4.78 is 7.84. The zero-order chi connectivity index (χ0) is 14.8. The van der Waals surface area contributed by atoms with Gasteiger partial charge in [-0.05, 0) is 45.8 Å². The van der Waals surface area contributed by atoms with Gasteiger partial charge in [-0.15, -0.1) is 11.3 Å². The van der Waals surface area contributed by atoms with Crippen molar-refractivity contribution in [3.05, 3.63) is 63.4 Å². The molecule has 21 heavy (non-hydrogen) atoms. The molecular formula is C17H15BrO2S. The van der Waals surface area contributed by atoms with E-state index in [1.807, 2.05) is 54.8 Å². The standard InChI is InChI=1S/C17H15BrO2S/c1-2-20-15-9-4-3-6-12(15)16(19)13-10-21-17-11(13)7-5-8-14(17)18/h3-10,16,19H,2H2,1H3. The molecule has 0 radical (unpaired) electrons. The smallest absolute Gasteiger partial charge is 0.125 e. The lowest BCUT2D eigenvalue weighted by Crippen LogP contribution is -2.03. The normalized spacial score (nSPS) is 12.5. The number of halogens is 1. The van der Waals surface area contributed by atoms with Crippen molar-refractivity contribution in [1.29, 1.82) is 0 Å². The first-order valence-corrected chi connectivity index (χ1v) is 8.45. The molecule has 0 bridgehead atoms. The fraction of sp³-hybridized carbons (Fsp3) is 0.176. The second-order valence-electron chi connectivity index (χ2n) is 4.68. The van der Waals surface area contributed by atoms with Crippen LogP contribution in [0.25, 0.3) is 10.1 Å². The van der Waals surface area contributed by atoms with Gasteiger partial charge in [-0.1, -0.05) is 30.3 Å². The minimum atomic E-state index is -0.684. The molecule has 0 aliphatic heterocycles. The molecule has 0 saturated carbocycles. The van der Waals surface area contributed by atoms with Crippen molar-refractivity contribution in [3.63, 3.8) is 0 Å². The Bertz CT molecular complexity index is 766. The number of para-hydroxylation sites is 1. The van der Waals surface area contributed by atoms with Crippen molar-refractivity contribution in [3.8, 4) is 5.75 Å². The Balaban J connectivity index is 2.09. The van der Waals surface area contributed by atoms with Crippen LogP contribution in [0.2, 0.25) is 0 Å². The molecule has 2 aromatic carbocycles. The van der Waals surface area contributed by atoms with Crippen molar-refractivity contribution in [2.45, 2.75) is 13.0 Å². The van der Waals surface area contributed by atoms with E-state index in [-0.39, 0.29) is 0 Å². The summed E-state index contributed by atoms with van der Waals surface area (Å²) in [5.41, 5.74) is 1.72. The fourth-order valence-corrected chi connectivity index (χ4v) is 4.06. The lowest BCUT2D eigenvalue weighted by atomic mass is 10.00. The minimum Gasteiger partial charge on any atom is -0.493 e. The Morgan fingerprint density at radius 3 is 2.76 bits per heavy atom. The molecule has 1 atom stereocenters. The summed E-state index contributed by atoms with van der Waals surface area (Å²) in [6.45, 7) is 2.53. The van der Waals surface area contributed by atoms with E-state index in [1.165, 1.54) is 0 Å². The number of aliphatic hydroxyl groups is 1. The average Bonchev–Trinajstić information content (AvgIpc) is 2.93. The van der Waals surface area contributed by atoms with Crippen LogP contribution in [0.5, 0.6) is 5.75 Å². The third-order valence-corrected chi connectivity index (χ3v) is 5.36. The summed E-state index contributed by atoms with van der Waals surface area (Å²) in [4.78, 5) is 0. The molecule has 3 aromatic rings. The first kappa shape index (κ1) is 14.6. The number of thiophene rings is 1. The highest BCUT2D eigenvalue weighted by molar-refractivity contribution is 9.10. The predicted molar refractivity (Wildman–Crippen MR) is 91.2 cm³/mol. The minimum absolute atomic E-state index is 0.583. The maximum Gasteiger partial charge on any atom is 0.125 e. The highest BCUT2D eigenvalue weighted by Gasteiger charge is 2.19. The summed E-state index contributed by atoms with van der Waals surface area (Å²) in [5, 5.41) is 13.9. The molecule has 1 aromatic heterocycles. The van der Waals surface area contributed by atoms with Crippen LogP contribution in [0.4, 0.5) is 0 Å². The molecule has 1 N–H and O–H groups in total. The van der Waals surface area contributed by atoms with E-state index in [9.17, 15) is 5.11 Å².